The molecular formula is C27H20O3. The molecule has 0 N–H and O–H groups in total. The van der Waals surface area contributed by atoms with Crippen molar-refractivity contribution in [3.05, 3.63) is 94.0 Å². The fraction of sp³-hybridized carbons (Fsp3) is 0.148. The van der Waals surface area contributed by atoms with Gasteiger partial charge < -0.3 is 8.83 Å². The van der Waals surface area contributed by atoms with E-state index in [1.807, 2.05) is 25.3 Å². The Hall–Kier alpha value is -3.59. The van der Waals surface area contributed by atoms with E-state index >= 15 is 0 Å². The van der Waals surface area contributed by atoms with Crippen LogP contribution in [0, 0.1) is 6.92 Å². The van der Waals surface area contributed by atoms with E-state index in [0.717, 1.165) is 63.4 Å². The Kier molecular flexibility index (Phi) is 3.72. The molecule has 30 heavy (non-hydrogen) atoms. The van der Waals surface area contributed by atoms with E-state index < -0.39 is 0 Å². The molecular weight excluding hydrogens is 372 g/mol. The normalized spacial score (nSPS) is 13.2. The molecule has 0 radical (unpaired) electrons. The van der Waals surface area contributed by atoms with Crippen LogP contribution in [0.25, 0.3) is 44.2 Å². The summed E-state index contributed by atoms with van der Waals surface area (Å²) in [5.74, 6) is 0. The summed E-state index contributed by atoms with van der Waals surface area (Å²) in [6, 6.07) is 20.9. The highest BCUT2D eigenvalue weighted by molar-refractivity contribution is 6.11. The van der Waals surface area contributed by atoms with Crippen LogP contribution in [0.3, 0.4) is 0 Å². The molecule has 0 amide bonds. The zero-order chi connectivity index (χ0) is 20.2. The van der Waals surface area contributed by atoms with Crippen LogP contribution in [-0.2, 0) is 12.8 Å². The van der Waals surface area contributed by atoms with Crippen LogP contribution < -0.4 is 5.63 Å². The zero-order valence-electron chi connectivity index (χ0n) is 16.7. The van der Waals surface area contributed by atoms with Crippen molar-refractivity contribution in [3.63, 3.8) is 0 Å². The Morgan fingerprint density at radius 2 is 1.50 bits per heavy atom. The SMILES string of the molecule is Cc1cc2oc(=O)c3c(c2c2occ(-c4ccc(-c5ccccc5)cc4)c12)CCC3. The minimum atomic E-state index is -0.197. The first-order valence-corrected chi connectivity index (χ1v) is 10.4. The van der Waals surface area contributed by atoms with Crippen LogP contribution in [0.5, 0.6) is 0 Å². The van der Waals surface area contributed by atoms with Crippen LogP contribution in [-0.4, -0.2) is 0 Å². The summed E-state index contributed by atoms with van der Waals surface area (Å²) >= 11 is 0. The summed E-state index contributed by atoms with van der Waals surface area (Å²) in [4.78, 5) is 12.4. The molecule has 1 aliphatic carbocycles. The second-order valence-electron chi connectivity index (χ2n) is 8.06. The molecule has 3 heteroatoms. The summed E-state index contributed by atoms with van der Waals surface area (Å²) in [6.07, 6.45) is 4.51. The fourth-order valence-corrected chi connectivity index (χ4v) is 4.84. The number of furan rings is 1. The Balaban J connectivity index is 1.56. The molecule has 3 nitrogen and oxygen atoms in total. The number of benzene rings is 3. The molecule has 2 heterocycles. The maximum Gasteiger partial charge on any atom is 0.339 e. The van der Waals surface area contributed by atoms with Crippen molar-refractivity contribution in [3.8, 4) is 22.3 Å². The summed E-state index contributed by atoms with van der Waals surface area (Å²) in [7, 11) is 0. The molecule has 0 aliphatic heterocycles. The van der Waals surface area contributed by atoms with E-state index in [2.05, 4.69) is 48.5 Å². The predicted octanol–water partition coefficient (Wildman–Crippen LogP) is 6.67. The van der Waals surface area contributed by atoms with Crippen molar-refractivity contribution in [2.75, 3.05) is 0 Å². The monoisotopic (exact) mass is 392 g/mol. The van der Waals surface area contributed by atoms with Crippen molar-refractivity contribution in [2.24, 2.45) is 0 Å². The largest absolute Gasteiger partial charge is 0.463 e. The second kappa shape index (κ2) is 6.46. The molecule has 0 atom stereocenters. The first kappa shape index (κ1) is 17.3. The lowest BCUT2D eigenvalue weighted by molar-refractivity contribution is 0.550. The molecule has 0 unspecified atom stereocenters. The number of aryl methyl sites for hydroxylation is 2. The van der Waals surface area contributed by atoms with Crippen LogP contribution in [0.15, 0.2) is 80.6 Å². The lowest BCUT2D eigenvalue weighted by Gasteiger charge is -2.08. The Bertz CT molecular complexity index is 1470. The molecule has 2 aromatic heterocycles. The Morgan fingerprint density at radius 1 is 0.800 bits per heavy atom. The summed E-state index contributed by atoms with van der Waals surface area (Å²) in [5.41, 5.74) is 8.81. The molecule has 1 aliphatic rings. The quantitative estimate of drug-likeness (QED) is 0.315. The van der Waals surface area contributed by atoms with Gasteiger partial charge in [0.15, 0.2) is 0 Å². The van der Waals surface area contributed by atoms with Crippen molar-refractivity contribution in [2.45, 2.75) is 26.2 Å². The molecule has 146 valence electrons. The lowest BCUT2D eigenvalue weighted by atomic mass is 9.96. The van der Waals surface area contributed by atoms with Gasteiger partial charge in [-0.05, 0) is 60.1 Å². The summed E-state index contributed by atoms with van der Waals surface area (Å²) < 4.78 is 11.8. The number of fused-ring (bicyclic) bond motifs is 5. The molecule has 3 aromatic carbocycles. The number of hydrogen-bond acceptors (Lipinski definition) is 3. The molecule has 0 fully saturated rings. The van der Waals surface area contributed by atoms with Gasteiger partial charge in [0.25, 0.3) is 0 Å². The average Bonchev–Trinajstić information content (AvgIpc) is 3.43. The number of rotatable bonds is 2. The van der Waals surface area contributed by atoms with Crippen molar-refractivity contribution >= 4 is 21.9 Å². The van der Waals surface area contributed by atoms with E-state index in [1.165, 1.54) is 11.1 Å². The predicted molar refractivity (Wildman–Crippen MR) is 120 cm³/mol. The van der Waals surface area contributed by atoms with Gasteiger partial charge in [-0.15, -0.1) is 0 Å². The highest BCUT2D eigenvalue weighted by Gasteiger charge is 2.24. The Morgan fingerprint density at radius 3 is 2.30 bits per heavy atom. The number of hydrogen-bond donors (Lipinski definition) is 0. The van der Waals surface area contributed by atoms with Gasteiger partial charge in [0.05, 0.1) is 11.6 Å². The van der Waals surface area contributed by atoms with Gasteiger partial charge in [-0.3, -0.25) is 0 Å². The fourth-order valence-electron chi connectivity index (χ4n) is 4.84. The average molecular weight is 392 g/mol. The van der Waals surface area contributed by atoms with E-state index in [-0.39, 0.29) is 5.63 Å². The van der Waals surface area contributed by atoms with E-state index in [4.69, 9.17) is 8.83 Å². The van der Waals surface area contributed by atoms with Crippen LogP contribution in [0.4, 0.5) is 0 Å². The van der Waals surface area contributed by atoms with Crippen LogP contribution in [0.1, 0.15) is 23.1 Å². The molecule has 6 rings (SSSR count). The minimum Gasteiger partial charge on any atom is -0.463 e. The van der Waals surface area contributed by atoms with Crippen LogP contribution in [0.2, 0.25) is 0 Å². The minimum absolute atomic E-state index is 0.197. The van der Waals surface area contributed by atoms with E-state index in [0.29, 0.717) is 5.58 Å². The highest BCUT2D eigenvalue weighted by atomic mass is 16.4. The third-order valence-corrected chi connectivity index (χ3v) is 6.28. The highest BCUT2D eigenvalue weighted by Crippen LogP contribution is 2.40. The standard InChI is InChI=1S/C27H20O3/c1-16-14-23-25(20-8-5-9-21(20)27(28)30-23)26-24(16)22(15-29-26)19-12-10-18(11-13-19)17-6-3-2-4-7-17/h2-4,6-7,10-15H,5,8-9H2,1H3. The first-order valence-electron chi connectivity index (χ1n) is 10.4. The third kappa shape index (κ3) is 2.48. The molecule has 0 saturated carbocycles. The van der Waals surface area contributed by atoms with E-state index in [9.17, 15) is 4.79 Å². The zero-order valence-corrected chi connectivity index (χ0v) is 16.7. The van der Waals surface area contributed by atoms with Crippen molar-refractivity contribution < 1.29 is 8.83 Å². The topological polar surface area (TPSA) is 43.4 Å². The summed E-state index contributed by atoms with van der Waals surface area (Å²) in [6.45, 7) is 2.05. The van der Waals surface area contributed by atoms with Gasteiger partial charge in [0.2, 0.25) is 0 Å². The van der Waals surface area contributed by atoms with E-state index in [1.54, 1.807) is 0 Å². The second-order valence-corrected chi connectivity index (χ2v) is 8.06. The molecule has 0 bridgehead atoms. The third-order valence-electron chi connectivity index (χ3n) is 6.28. The maximum atomic E-state index is 12.4. The Labute approximate surface area is 173 Å². The van der Waals surface area contributed by atoms with Crippen LogP contribution >= 0.6 is 0 Å². The first-order chi connectivity index (χ1) is 14.7. The van der Waals surface area contributed by atoms with Gasteiger partial charge >= 0.3 is 5.63 Å². The molecule has 0 spiro atoms. The lowest BCUT2D eigenvalue weighted by Crippen LogP contribution is -2.07. The van der Waals surface area contributed by atoms with Gasteiger partial charge in [0.1, 0.15) is 11.2 Å². The molecule has 5 aromatic rings. The smallest absolute Gasteiger partial charge is 0.339 e. The summed E-state index contributed by atoms with van der Waals surface area (Å²) in [5, 5.41) is 2.06. The molecule has 0 saturated heterocycles. The van der Waals surface area contributed by atoms with Crippen molar-refractivity contribution in [1.82, 2.24) is 0 Å². The van der Waals surface area contributed by atoms with Gasteiger partial charge in [-0.25, -0.2) is 4.79 Å². The van der Waals surface area contributed by atoms with Gasteiger partial charge in [0, 0.05) is 16.5 Å². The van der Waals surface area contributed by atoms with Gasteiger partial charge in [-0.1, -0.05) is 54.6 Å². The van der Waals surface area contributed by atoms with Gasteiger partial charge in [-0.2, -0.15) is 0 Å². The maximum absolute atomic E-state index is 12.4. The van der Waals surface area contributed by atoms with Crippen molar-refractivity contribution in [1.29, 1.82) is 0 Å².